The molecular formula is C22H16O9. The molecule has 0 saturated heterocycles. The molecule has 4 aromatic rings. The van der Waals surface area contributed by atoms with Gasteiger partial charge in [0.2, 0.25) is 0 Å². The molecule has 1 aliphatic heterocycles. The Balaban J connectivity index is 1.67. The van der Waals surface area contributed by atoms with E-state index in [9.17, 15) is 30.3 Å². The van der Waals surface area contributed by atoms with Crippen molar-refractivity contribution in [3.05, 3.63) is 58.4 Å². The van der Waals surface area contributed by atoms with Gasteiger partial charge in [0.15, 0.2) is 35.2 Å². The van der Waals surface area contributed by atoms with Crippen LogP contribution in [0.3, 0.4) is 0 Å². The summed E-state index contributed by atoms with van der Waals surface area (Å²) in [6.07, 6.45) is -1.77. The van der Waals surface area contributed by atoms with E-state index in [0.717, 1.165) is 0 Å². The molecule has 0 amide bonds. The van der Waals surface area contributed by atoms with Gasteiger partial charge in [-0.3, -0.25) is 0 Å². The zero-order valence-electron chi connectivity index (χ0n) is 15.8. The summed E-state index contributed by atoms with van der Waals surface area (Å²) in [5, 5.41) is 50.6. The lowest BCUT2D eigenvalue weighted by Gasteiger charge is -2.20. The number of fused-ring (bicyclic) bond motifs is 4. The van der Waals surface area contributed by atoms with Crippen LogP contribution in [-0.4, -0.2) is 38.2 Å². The van der Waals surface area contributed by atoms with Gasteiger partial charge >= 0.3 is 5.63 Å². The van der Waals surface area contributed by atoms with Crippen LogP contribution in [0.25, 0.3) is 21.7 Å². The third-order valence-electron chi connectivity index (χ3n) is 5.26. The maximum atomic E-state index is 12.3. The quantitative estimate of drug-likeness (QED) is 0.190. The van der Waals surface area contributed by atoms with Gasteiger partial charge < -0.3 is 39.4 Å². The van der Waals surface area contributed by atoms with E-state index in [4.69, 9.17) is 13.9 Å². The molecule has 2 atom stereocenters. The number of ether oxygens (including phenoxy) is 2. The molecule has 0 radical (unpaired) electrons. The van der Waals surface area contributed by atoms with Crippen LogP contribution >= 0.6 is 0 Å². The van der Waals surface area contributed by atoms with E-state index >= 15 is 0 Å². The van der Waals surface area contributed by atoms with Gasteiger partial charge in [0.05, 0.1) is 12.0 Å². The minimum atomic E-state index is -0.912. The average Bonchev–Trinajstić information content (AvgIpc) is 3.06. The summed E-state index contributed by atoms with van der Waals surface area (Å²) in [4.78, 5) is 12.3. The normalized spacial score (nSPS) is 17.6. The summed E-state index contributed by atoms with van der Waals surface area (Å²) in [6, 6.07) is 9.45. The number of phenols is 4. The Morgan fingerprint density at radius 1 is 0.935 bits per heavy atom. The van der Waals surface area contributed by atoms with Gasteiger partial charge in [-0.05, 0) is 30.3 Å². The highest BCUT2D eigenvalue weighted by atomic mass is 16.6. The fraction of sp³-hybridized carbons (Fsp3) is 0.136. The highest BCUT2D eigenvalue weighted by Crippen LogP contribution is 2.47. The van der Waals surface area contributed by atoms with Crippen molar-refractivity contribution >= 4 is 21.7 Å². The Labute approximate surface area is 173 Å². The second kappa shape index (κ2) is 6.71. The Morgan fingerprint density at radius 3 is 2.45 bits per heavy atom. The molecule has 3 aromatic carbocycles. The Morgan fingerprint density at radius 2 is 1.68 bits per heavy atom. The van der Waals surface area contributed by atoms with Crippen LogP contribution in [0.5, 0.6) is 34.5 Å². The van der Waals surface area contributed by atoms with Crippen molar-refractivity contribution in [2.24, 2.45) is 0 Å². The van der Waals surface area contributed by atoms with E-state index in [1.54, 1.807) is 0 Å². The van der Waals surface area contributed by atoms with Crippen molar-refractivity contribution in [2.45, 2.75) is 12.2 Å². The number of hydrogen-bond donors (Lipinski definition) is 5. The molecule has 1 aromatic heterocycles. The van der Waals surface area contributed by atoms with E-state index in [1.807, 2.05) is 0 Å². The van der Waals surface area contributed by atoms with Gasteiger partial charge in [0.1, 0.15) is 17.1 Å². The number of aliphatic hydroxyl groups excluding tert-OH is 1. The molecule has 0 aliphatic carbocycles. The summed E-state index contributed by atoms with van der Waals surface area (Å²) in [7, 11) is 0. The van der Waals surface area contributed by atoms with E-state index < -0.39 is 24.4 Å². The van der Waals surface area contributed by atoms with Crippen LogP contribution in [0.1, 0.15) is 11.7 Å². The molecule has 9 heteroatoms. The third kappa shape index (κ3) is 2.86. The lowest BCUT2D eigenvalue weighted by atomic mass is 10.0. The van der Waals surface area contributed by atoms with Crippen LogP contribution in [0.15, 0.2) is 51.7 Å². The summed E-state index contributed by atoms with van der Waals surface area (Å²) < 4.78 is 16.7. The zero-order valence-corrected chi connectivity index (χ0v) is 15.8. The fourth-order valence-corrected chi connectivity index (χ4v) is 3.80. The molecule has 5 rings (SSSR count). The van der Waals surface area contributed by atoms with Gasteiger partial charge in [-0.1, -0.05) is 0 Å². The van der Waals surface area contributed by atoms with Crippen LogP contribution in [0, 0.1) is 0 Å². The predicted molar refractivity (Wildman–Crippen MR) is 108 cm³/mol. The van der Waals surface area contributed by atoms with Crippen molar-refractivity contribution in [3.63, 3.8) is 0 Å². The van der Waals surface area contributed by atoms with Crippen molar-refractivity contribution in [2.75, 3.05) is 6.61 Å². The first-order valence-electron chi connectivity index (χ1n) is 9.29. The maximum absolute atomic E-state index is 12.3. The smallest absolute Gasteiger partial charge is 0.344 e. The number of hydrogen-bond acceptors (Lipinski definition) is 9. The standard InChI is InChI=1S/C22H16O9/c23-8-18-21(12-6-13(25)14(26)7-17(12)29-18)30-15-4-3-11-19(20(15)27)10-2-1-9(24)5-16(10)31-22(11)28/h1-7,18,21,23-27H,8H2. The number of benzene rings is 3. The SMILES string of the molecule is O=c1oc2cc(O)ccc2c2c(O)c(OC3c4cc(O)c(O)cc4OC3CO)ccc12. The number of aromatic hydroxyl groups is 4. The summed E-state index contributed by atoms with van der Waals surface area (Å²) in [5.41, 5.74) is -0.234. The summed E-state index contributed by atoms with van der Waals surface area (Å²) >= 11 is 0. The molecule has 0 fully saturated rings. The molecule has 9 nitrogen and oxygen atoms in total. The third-order valence-corrected chi connectivity index (χ3v) is 5.26. The molecule has 0 saturated carbocycles. The van der Waals surface area contributed by atoms with Crippen LogP contribution in [0.2, 0.25) is 0 Å². The minimum Gasteiger partial charge on any atom is -0.508 e. The van der Waals surface area contributed by atoms with Crippen molar-refractivity contribution in [3.8, 4) is 34.5 Å². The Kier molecular flexibility index (Phi) is 4.09. The van der Waals surface area contributed by atoms with Gasteiger partial charge in [-0.2, -0.15) is 0 Å². The predicted octanol–water partition coefficient (Wildman–Crippen LogP) is 2.64. The van der Waals surface area contributed by atoms with Crippen molar-refractivity contribution in [1.29, 1.82) is 0 Å². The second-order valence-electron chi connectivity index (χ2n) is 7.16. The van der Waals surface area contributed by atoms with Gasteiger partial charge in [0, 0.05) is 28.5 Å². The monoisotopic (exact) mass is 424 g/mol. The number of rotatable bonds is 3. The first-order valence-corrected chi connectivity index (χ1v) is 9.29. The van der Waals surface area contributed by atoms with Crippen LogP contribution in [-0.2, 0) is 0 Å². The lowest BCUT2D eigenvalue weighted by molar-refractivity contribution is 0.0405. The molecule has 1 aliphatic rings. The molecule has 2 heterocycles. The van der Waals surface area contributed by atoms with Gasteiger partial charge in [0.25, 0.3) is 0 Å². The number of phenolic OH excluding ortho intramolecular Hbond substituents is 4. The summed E-state index contributed by atoms with van der Waals surface area (Å²) in [6.45, 7) is -0.430. The largest absolute Gasteiger partial charge is 0.508 e. The maximum Gasteiger partial charge on any atom is 0.344 e. The van der Waals surface area contributed by atoms with Crippen molar-refractivity contribution in [1.82, 2.24) is 0 Å². The van der Waals surface area contributed by atoms with Gasteiger partial charge in [-0.15, -0.1) is 0 Å². The van der Waals surface area contributed by atoms with Crippen molar-refractivity contribution < 1.29 is 39.4 Å². The highest BCUT2D eigenvalue weighted by Gasteiger charge is 2.37. The van der Waals surface area contributed by atoms with Crippen LogP contribution < -0.4 is 15.1 Å². The molecule has 0 spiro atoms. The second-order valence-corrected chi connectivity index (χ2v) is 7.16. The summed E-state index contributed by atoms with van der Waals surface area (Å²) in [5.74, 6) is -0.988. The highest BCUT2D eigenvalue weighted by molar-refractivity contribution is 6.08. The molecule has 31 heavy (non-hydrogen) atoms. The molecule has 5 N–H and O–H groups in total. The number of aliphatic hydroxyl groups is 1. The molecule has 2 unspecified atom stereocenters. The topological polar surface area (TPSA) is 150 Å². The Bertz CT molecular complexity index is 1410. The van der Waals surface area contributed by atoms with E-state index in [2.05, 4.69) is 0 Å². The van der Waals surface area contributed by atoms with E-state index in [-0.39, 0.29) is 50.9 Å². The minimum absolute atomic E-state index is 0.0000557. The zero-order chi connectivity index (χ0) is 21.9. The molecular weight excluding hydrogens is 408 g/mol. The van der Waals surface area contributed by atoms with Crippen LogP contribution in [0.4, 0.5) is 0 Å². The lowest BCUT2D eigenvalue weighted by Crippen LogP contribution is -2.26. The fourth-order valence-electron chi connectivity index (χ4n) is 3.80. The van der Waals surface area contributed by atoms with Gasteiger partial charge in [-0.25, -0.2) is 4.79 Å². The first kappa shape index (κ1) is 18.9. The molecule has 158 valence electrons. The van der Waals surface area contributed by atoms with E-state index in [0.29, 0.717) is 10.9 Å². The Hall–Kier alpha value is -4.11. The average molecular weight is 424 g/mol. The first-order chi connectivity index (χ1) is 14.9. The molecule has 0 bridgehead atoms. The van der Waals surface area contributed by atoms with E-state index in [1.165, 1.54) is 42.5 Å².